The molecule has 0 saturated heterocycles. The number of fused-ring (bicyclic) bond motifs is 1. The van der Waals surface area contributed by atoms with Gasteiger partial charge in [-0.15, -0.1) is 0 Å². The zero-order chi connectivity index (χ0) is 19.9. The molecule has 0 aliphatic rings. The van der Waals surface area contributed by atoms with Crippen LogP contribution in [0.5, 0.6) is 5.75 Å². The van der Waals surface area contributed by atoms with E-state index in [1.54, 1.807) is 0 Å². The van der Waals surface area contributed by atoms with Crippen LogP contribution < -0.4 is 10.1 Å². The van der Waals surface area contributed by atoms with Gasteiger partial charge in [-0.3, -0.25) is 4.79 Å². The van der Waals surface area contributed by atoms with Gasteiger partial charge >= 0.3 is 0 Å². The molecule has 0 radical (unpaired) electrons. The molecule has 0 aliphatic carbocycles. The summed E-state index contributed by atoms with van der Waals surface area (Å²) in [5.74, 6) is 0.655. The fourth-order valence-corrected chi connectivity index (χ4v) is 3.43. The predicted molar refractivity (Wildman–Crippen MR) is 116 cm³/mol. The Morgan fingerprint density at radius 1 is 0.893 bits per heavy atom. The van der Waals surface area contributed by atoms with Gasteiger partial charge in [0.2, 0.25) is 0 Å². The van der Waals surface area contributed by atoms with Crippen LogP contribution in [0.15, 0.2) is 60.7 Å². The van der Waals surface area contributed by atoms with Crippen LogP contribution in [-0.2, 0) is 24.2 Å². The van der Waals surface area contributed by atoms with E-state index in [1.165, 1.54) is 16.7 Å². The number of amides is 1. The van der Waals surface area contributed by atoms with Gasteiger partial charge in [-0.25, -0.2) is 0 Å². The molecular formula is C25H29NO2. The van der Waals surface area contributed by atoms with Crippen LogP contribution in [-0.4, -0.2) is 12.0 Å². The van der Waals surface area contributed by atoms with Gasteiger partial charge in [0.25, 0.3) is 5.91 Å². The molecule has 0 unspecified atom stereocenters. The summed E-state index contributed by atoms with van der Waals surface area (Å²) in [7, 11) is 0. The molecule has 3 nitrogen and oxygen atoms in total. The Hall–Kier alpha value is -2.81. The predicted octanol–water partition coefficient (Wildman–Crippen LogP) is 5.44. The lowest BCUT2D eigenvalue weighted by molar-refractivity contribution is -0.128. The molecule has 1 N–H and O–H groups in total. The number of aryl methyl sites for hydroxylation is 2. The Morgan fingerprint density at radius 2 is 1.68 bits per heavy atom. The lowest BCUT2D eigenvalue weighted by Gasteiger charge is -2.18. The van der Waals surface area contributed by atoms with Crippen LogP contribution in [0.2, 0.25) is 0 Å². The fraction of sp³-hybridized carbons (Fsp3) is 0.320. The highest BCUT2D eigenvalue weighted by Crippen LogP contribution is 2.22. The van der Waals surface area contributed by atoms with Gasteiger partial charge in [0.05, 0.1) is 0 Å². The zero-order valence-electron chi connectivity index (χ0n) is 17.0. The van der Waals surface area contributed by atoms with E-state index in [2.05, 4.69) is 49.5 Å². The number of carbonyl (C=O) groups excluding carboxylic acids is 1. The van der Waals surface area contributed by atoms with E-state index in [4.69, 9.17) is 4.74 Å². The molecule has 0 bridgehead atoms. The summed E-state index contributed by atoms with van der Waals surface area (Å²) < 4.78 is 6.01. The van der Waals surface area contributed by atoms with E-state index in [1.807, 2.05) is 37.3 Å². The Labute approximate surface area is 167 Å². The lowest BCUT2D eigenvalue weighted by atomic mass is 10.0. The average molecular weight is 376 g/mol. The van der Waals surface area contributed by atoms with Crippen molar-refractivity contribution in [3.8, 4) is 5.75 Å². The first-order valence-corrected chi connectivity index (χ1v) is 10.2. The largest absolute Gasteiger partial charge is 0.481 e. The van der Waals surface area contributed by atoms with Crippen LogP contribution >= 0.6 is 0 Å². The number of rotatable bonds is 8. The van der Waals surface area contributed by atoms with E-state index in [0.717, 1.165) is 29.4 Å². The molecule has 0 saturated carbocycles. The maximum atomic E-state index is 12.7. The zero-order valence-corrected chi connectivity index (χ0v) is 17.0. The van der Waals surface area contributed by atoms with E-state index in [0.29, 0.717) is 13.0 Å². The summed E-state index contributed by atoms with van der Waals surface area (Å²) in [6.45, 7) is 6.80. The second-order valence-electron chi connectivity index (χ2n) is 7.05. The van der Waals surface area contributed by atoms with E-state index < -0.39 is 6.10 Å². The van der Waals surface area contributed by atoms with Gasteiger partial charge < -0.3 is 10.1 Å². The first-order chi connectivity index (χ1) is 13.6. The highest BCUT2D eigenvalue weighted by atomic mass is 16.5. The lowest BCUT2D eigenvalue weighted by Crippen LogP contribution is -2.37. The highest BCUT2D eigenvalue weighted by molar-refractivity contribution is 5.84. The van der Waals surface area contributed by atoms with Crippen molar-refractivity contribution >= 4 is 16.7 Å². The van der Waals surface area contributed by atoms with E-state index >= 15 is 0 Å². The smallest absolute Gasteiger partial charge is 0.261 e. The van der Waals surface area contributed by atoms with Crippen molar-refractivity contribution in [3.05, 3.63) is 77.4 Å². The summed E-state index contributed by atoms with van der Waals surface area (Å²) in [4.78, 5) is 12.7. The number of carbonyl (C=O) groups is 1. The third-order valence-electron chi connectivity index (χ3n) is 5.18. The summed E-state index contributed by atoms with van der Waals surface area (Å²) in [5, 5.41) is 5.34. The first kappa shape index (κ1) is 19.9. The van der Waals surface area contributed by atoms with Gasteiger partial charge in [-0.1, -0.05) is 69.3 Å². The number of hydrogen-bond acceptors (Lipinski definition) is 2. The second kappa shape index (κ2) is 9.41. The van der Waals surface area contributed by atoms with Crippen LogP contribution in [0.3, 0.4) is 0 Å². The molecule has 3 heteroatoms. The van der Waals surface area contributed by atoms with E-state index in [9.17, 15) is 4.79 Å². The number of nitrogens with one attached hydrogen (secondary N) is 1. The summed E-state index contributed by atoms with van der Waals surface area (Å²) in [5.41, 5.74) is 3.76. The molecule has 28 heavy (non-hydrogen) atoms. The molecule has 3 aromatic rings. The van der Waals surface area contributed by atoms with Crippen LogP contribution in [0.4, 0.5) is 0 Å². The minimum absolute atomic E-state index is 0.0698. The Kier molecular flexibility index (Phi) is 6.70. The Bertz CT molecular complexity index is 948. The monoisotopic (exact) mass is 375 g/mol. The van der Waals surface area contributed by atoms with Gasteiger partial charge in [0.15, 0.2) is 6.10 Å². The van der Waals surface area contributed by atoms with Crippen LogP contribution in [0.25, 0.3) is 10.8 Å². The van der Waals surface area contributed by atoms with Gasteiger partial charge in [0, 0.05) is 6.54 Å². The highest BCUT2D eigenvalue weighted by Gasteiger charge is 2.18. The molecule has 0 heterocycles. The molecule has 1 atom stereocenters. The summed E-state index contributed by atoms with van der Waals surface area (Å²) in [6.07, 6.45) is 2.07. The second-order valence-corrected chi connectivity index (χ2v) is 7.05. The summed E-state index contributed by atoms with van der Waals surface area (Å²) >= 11 is 0. The van der Waals surface area contributed by atoms with Crippen molar-refractivity contribution < 1.29 is 9.53 Å². The average Bonchev–Trinajstić information content (AvgIpc) is 2.75. The van der Waals surface area contributed by atoms with Crippen LogP contribution in [0, 0.1) is 0 Å². The molecule has 0 spiro atoms. The number of ether oxygens (including phenoxy) is 1. The Balaban J connectivity index is 1.68. The molecule has 0 aromatic heterocycles. The molecule has 3 aromatic carbocycles. The minimum Gasteiger partial charge on any atom is -0.481 e. The molecular weight excluding hydrogens is 346 g/mol. The van der Waals surface area contributed by atoms with Gasteiger partial charge in [0.1, 0.15) is 5.75 Å². The molecule has 3 rings (SSSR count). The van der Waals surface area contributed by atoms with Crippen molar-refractivity contribution in [2.24, 2.45) is 0 Å². The third kappa shape index (κ3) is 4.72. The van der Waals surface area contributed by atoms with Gasteiger partial charge in [-0.2, -0.15) is 0 Å². The fourth-order valence-electron chi connectivity index (χ4n) is 3.43. The quantitative estimate of drug-likeness (QED) is 0.569. The minimum atomic E-state index is -0.499. The van der Waals surface area contributed by atoms with Gasteiger partial charge in [-0.05, 0) is 58.9 Å². The van der Waals surface area contributed by atoms with Crippen molar-refractivity contribution in [3.63, 3.8) is 0 Å². The van der Waals surface area contributed by atoms with E-state index in [-0.39, 0.29) is 5.91 Å². The maximum Gasteiger partial charge on any atom is 0.261 e. The summed E-state index contributed by atoms with van der Waals surface area (Å²) in [6, 6.07) is 20.6. The number of benzene rings is 3. The standard InChI is InChI=1S/C25H29NO2/c1-4-18-11-12-19(5-2)22(15-18)17-26-25(27)24(6-3)28-23-14-13-20-9-7-8-10-21(20)16-23/h7-16,24H,4-6,17H2,1-3H3,(H,26,27)/t24-/m0/s1. The third-order valence-corrected chi connectivity index (χ3v) is 5.18. The molecule has 0 aliphatic heterocycles. The molecule has 1 amide bonds. The maximum absolute atomic E-state index is 12.7. The number of hydrogen-bond donors (Lipinski definition) is 1. The molecule has 146 valence electrons. The SMILES string of the molecule is CCc1ccc(CC)c(CNC(=O)[C@H](CC)Oc2ccc3ccccc3c2)c1. The van der Waals surface area contributed by atoms with Crippen LogP contribution in [0.1, 0.15) is 43.9 Å². The Morgan fingerprint density at radius 3 is 2.39 bits per heavy atom. The molecule has 0 fully saturated rings. The van der Waals surface area contributed by atoms with Crippen molar-refractivity contribution in [2.45, 2.75) is 52.7 Å². The topological polar surface area (TPSA) is 38.3 Å². The van der Waals surface area contributed by atoms with Crippen molar-refractivity contribution in [1.29, 1.82) is 0 Å². The normalized spacial score (nSPS) is 12.0. The van der Waals surface area contributed by atoms with Crippen molar-refractivity contribution in [2.75, 3.05) is 0 Å². The first-order valence-electron chi connectivity index (χ1n) is 10.2. The van der Waals surface area contributed by atoms with Crippen molar-refractivity contribution in [1.82, 2.24) is 5.32 Å².